The van der Waals surface area contributed by atoms with Gasteiger partial charge in [0.1, 0.15) is 0 Å². The second-order valence-corrected chi connectivity index (χ2v) is 8.88. The van der Waals surface area contributed by atoms with Crippen molar-refractivity contribution in [2.24, 2.45) is 11.3 Å². The highest BCUT2D eigenvalue weighted by molar-refractivity contribution is 6.22. The van der Waals surface area contributed by atoms with Crippen LogP contribution in [0.25, 0.3) is 5.57 Å². The summed E-state index contributed by atoms with van der Waals surface area (Å²) in [5.74, 6) is 6.96. The monoisotopic (exact) mass is 375 g/mol. The molecule has 3 aliphatic rings. The molecular formula is C25H29NO2. The van der Waals surface area contributed by atoms with E-state index in [0.717, 1.165) is 73.0 Å². The number of carbonyl (C=O) groups is 2. The Morgan fingerprint density at radius 2 is 1.79 bits per heavy atom. The standard InChI is InChI=1S/C25H29NO2/c1-4-5-19-14-17(2)23(18(3)15-19)21-8-9-25(16-22(21)27)10-12-26(13-11-25)24(28)20-6-7-20/h8,14-15,20H,6-7,9-13,16H2,1-3H3. The number of hydrogen-bond acceptors (Lipinski definition) is 2. The highest BCUT2D eigenvalue weighted by Gasteiger charge is 2.42. The molecule has 1 aromatic carbocycles. The van der Waals surface area contributed by atoms with Crippen molar-refractivity contribution in [2.45, 2.75) is 59.3 Å². The lowest BCUT2D eigenvalue weighted by Crippen LogP contribution is -2.45. The molecule has 1 heterocycles. The summed E-state index contributed by atoms with van der Waals surface area (Å²) in [5.41, 5.74) is 5.28. The zero-order valence-corrected chi connectivity index (χ0v) is 17.2. The lowest BCUT2D eigenvalue weighted by Gasteiger charge is -2.43. The number of aryl methyl sites for hydroxylation is 2. The minimum atomic E-state index is 0.0519. The summed E-state index contributed by atoms with van der Waals surface area (Å²) < 4.78 is 0. The summed E-state index contributed by atoms with van der Waals surface area (Å²) in [6.07, 6.45) is 7.74. The lowest BCUT2D eigenvalue weighted by atomic mass is 9.67. The van der Waals surface area contributed by atoms with Crippen molar-refractivity contribution in [3.05, 3.63) is 40.5 Å². The van der Waals surface area contributed by atoms with Crippen LogP contribution < -0.4 is 0 Å². The number of carbonyl (C=O) groups excluding carboxylic acids is 2. The number of rotatable bonds is 2. The second kappa shape index (κ2) is 7.24. The molecule has 0 aromatic heterocycles. The quantitative estimate of drug-likeness (QED) is 0.717. The number of amides is 1. The van der Waals surface area contributed by atoms with Crippen molar-refractivity contribution in [1.82, 2.24) is 4.90 Å². The maximum absolute atomic E-state index is 13.1. The van der Waals surface area contributed by atoms with Crippen LogP contribution in [-0.4, -0.2) is 29.7 Å². The first kappa shape index (κ1) is 19.0. The van der Waals surface area contributed by atoms with Crippen LogP contribution in [0.2, 0.25) is 0 Å². The number of likely N-dealkylation sites (tertiary alicyclic amines) is 1. The highest BCUT2D eigenvalue weighted by Crippen LogP contribution is 2.46. The summed E-state index contributed by atoms with van der Waals surface area (Å²) in [7, 11) is 0. The SMILES string of the molecule is CC#Cc1cc(C)c(C2=CCC3(CCN(C(=O)C4CC4)CC3)CC2=O)c(C)c1. The predicted molar refractivity (Wildman–Crippen MR) is 112 cm³/mol. The van der Waals surface area contributed by atoms with Crippen molar-refractivity contribution >= 4 is 17.3 Å². The molecule has 1 saturated carbocycles. The number of allylic oxidation sites excluding steroid dienone is 2. The van der Waals surface area contributed by atoms with Gasteiger partial charge in [0.2, 0.25) is 5.91 Å². The summed E-state index contributed by atoms with van der Waals surface area (Å²) >= 11 is 0. The van der Waals surface area contributed by atoms with Crippen LogP contribution in [0, 0.1) is 37.0 Å². The predicted octanol–water partition coefficient (Wildman–Crippen LogP) is 4.44. The Bertz CT molecular complexity index is 893. The molecule has 1 spiro atoms. The number of benzene rings is 1. The Labute approximate surface area is 168 Å². The van der Waals surface area contributed by atoms with Gasteiger partial charge in [-0.2, -0.15) is 0 Å². The molecule has 28 heavy (non-hydrogen) atoms. The maximum Gasteiger partial charge on any atom is 0.225 e. The molecule has 0 N–H and O–H groups in total. The van der Waals surface area contributed by atoms with E-state index in [2.05, 4.69) is 43.9 Å². The van der Waals surface area contributed by atoms with Gasteiger partial charge in [-0.3, -0.25) is 9.59 Å². The minimum Gasteiger partial charge on any atom is -0.342 e. The van der Waals surface area contributed by atoms with E-state index >= 15 is 0 Å². The second-order valence-electron chi connectivity index (χ2n) is 8.88. The third kappa shape index (κ3) is 3.53. The number of nitrogens with zero attached hydrogens (tertiary/aromatic N) is 1. The normalized spacial score (nSPS) is 21.2. The van der Waals surface area contributed by atoms with Gasteiger partial charge < -0.3 is 4.90 Å². The molecule has 3 nitrogen and oxygen atoms in total. The Hall–Kier alpha value is -2.34. The van der Waals surface area contributed by atoms with Crippen LogP contribution in [0.15, 0.2) is 18.2 Å². The van der Waals surface area contributed by atoms with Gasteiger partial charge in [0.05, 0.1) is 0 Å². The van der Waals surface area contributed by atoms with Crippen molar-refractivity contribution in [2.75, 3.05) is 13.1 Å². The van der Waals surface area contributed by atoms with Crippen LogP contribution >= 0.6 is 0 Å². The van der Waals surface area contributed by atoms with Gasteiger partial charge in [0, 0.05) is 36.6 Å². The number of ketones is 1. The molecule has 1 aromatic rings. The van der Waals surface area contributed by atoms with E-state index in [1.54, 1.807) is 0 Å². The summed E-state index contributed by atoms with van der Waals surface area (Å²) in [6.45, 7) is 7.62. The fourth-order valence-corrected chi connectivity index (χ4v) is 4.96. The van der Waals surface area contributed by atoms with E-state index < -0.39 is 0 Å². The van der Waals surface area contributed by atoms with Crippen LogP contribution in [0.1, 0.15) is 67.7 Å². The minimum absolute atomic E-state index is 0.0519. The fourth-order valence-electron chi connectivity index (χ4n) is 4.96. The van der Waals surface area contributed by atoms with E-state index in [4.69, 9.17) is 0 Å². The average Bonchev–Trinajstić information content (AvgIpc) is 3.49. The largest absolute Gasteiger partial charge is 0.342 e. The molecule has 1 amide bonds. The van der Waals surface area contributed by atoms with Crippen molar-refractivity contribution < 1.29 is 9.59 Å². The molecule has 0 unspecified atom stereocenters. The van der Waals surface area contributed by atoms with Crippen molar-refractivity contribution in [3.8, 4) is 11.8 Å². The molecule has 4 rings (SSSR count). The molecule has 3 heteroatoms. The third-order valence-corrected chi connectivity index (χ3v) is 6.71. The zero-order chi connectivity index (χ0) is 19.9. The number of piperidine rings is 1. The molecule has 1 aliphatic heterocycles. The van der Waals surface area contributed by atoms with Gasteiger partial charge in [0.15, 0.2) is 5.78 Å². The topological polar surface area (TPSA) is 37.4 Å². The van der Waals surface area contributed by atoms with Crippen LogP contribution in [0.5, 0.6) is 0 Å². The molecule has 0 atom stereocenters. The van der Waals surface area contributed by atoms with Gasteiger partial charge in [0.25, 0.3) is 0 Å². The lowest BCUT2D eigenvalue weighted by molar-refractivity contribution is -0.135. The van der Waals surface area contributed by atoms with Gasteiger partial charge >= 0.3 is 0 Å². The summed E-state index contributed by atoms with van der Waals surface area (Å²) in [5, 5.41) is 0. The Balaban J connectivity index is 1.52. The summed E-state index contributed by atoms with van der Waals surface area (Å²) in [6, 6.07) is 4.17. The van der Waals surface area contributed by atoms with Gasteiger partial charge in [-0.1, -0.05) is 12.0 Å². The van der Waals surface area contributed by atoms with E-state index in [0.29, 0.717) is 18.2 Å². The number of hydrogen-bond donors (Lipinski definition) is 0. The first-order valence-corrected chi connectivity index (χ1v) is 10.5. The van der Waals surface area contributed by atoms with E-state index in [9.17, 15) is 9.59 Å². The molecule has 0 radical (unpaired) electrons. The maximum atomic E-state index is 13.1. The number of Topliss-reactive ketones (excluding diaryl/α,β-unsaturated/α-hetero) is 1. The Kier molecular flexibility index (Phi) is 4.91. The zero-order valence-electron chi connectivity index (χ0n) is 17.2. The molecular weight excluding hydrogens is 346 g/mol. The average molecular weight is 376 g/mol. The van der Waals surface area contributed by atoms with E-state index in [-0.39, 0.29) is 11.2 Å². The summed E-state index contributed by atoms with van der Waals surface area (Å²) in [4.78, 5) is 27.5. The van der Waals surface area contributed by atoms with Gasteiger partial charge in [-0.05, 0) is 87.1 Å². The Morgan fingerprint density at radius 3 is 2.32 bits per heavy atom. The molecule has 2 aliphatic carbocycles. The Morgan fingerprint density at radius 1 is 1.14 bits per heavy atom. The van der Waals surface area contributed by atoms with E-state index in [1.165, 1.54) is 0 Å². The first-order chi connectivity index (χ1) is 13.4. The smallest absolute Gasteiger partial charge is 0.225 e. The van der Waals surface area contributed by atoms with Crippen LogP contribution in [-0.2, 0) is 9.59 Å². The highest BCUT2D eigenvalue weighted by atomic mass is 16.2. The third-order valence-electron chi connectivity index (χ3n) is 6.71. The molecule has 1 saturated heterocycles. The van der Waals surface area contributed by atoms with Crippen LogP contribution in [0.3, 0.4) is 0 Å². The van der Waals surface area contributed by atoms with Crippen molar-refractivity contribution in [1.29, 1.82) is 0 Å². The first-order valence-electron chi connectivity index (χ1n) is 10.5. The molecule has 146 valence electrons. The van der Waals surface area contributed by atoms with E-state index in [1.807, 2.05) is 11.8 Å². The fraction of sp³-hybridized carbons (Fsp3) is 0.520. The van der Waals surface area contributed by atoms with Gasteiger partial charge in [-0.25, -0.2) is 0 Å². The van der Waals surface area contributed by atoms with Crippen LogP contribution in [0.4, 0.5) is 0 Å². The molecule has 2 fully saturated rings. The van der Waals surface area contributed by atoms with Gasteiger partial charge in [-0.15, -0.1) is 5.92 Å². The molecule has 0 bridgehead atoms. The van der Waals surface area contributed by atoms with Crippen molar-refractivity contribution in [3.63, 3.8) is 0 Å².